The number of hydrogen-bond donors (Lipinski definition) is 8. The van der Waals surface area contributed by atoms with Crippen molar-refractivity contribution in [1.29, 1.82) is 0 Å². The summed E-state index contributed by atoms with van der Waals surface area (Å²) in [5.41, 5.74) is 12.8. The summed E-state index contributed by atoms with van der Waals surface area (Å²) < 4.78 is 0. The number of hydrogen-bond acceptors (Lipinski definition) is 8. The lowest BCUT2D eigenvalue weighted by molar-refractivity contribution is -0.143. The molecule has 0 aliphatic heterocycles. The molecular weight excluding hydrogens is 494 g/mol. The van der Waals surface area contributed by atoms with E-state index in [9.17, 15) is 29.4 Å². The van der Waals surface area contributed by atoms with E-state index in [-0.39, 0.29) is 19.3 Å². The first kappa shape index (κ1) is 30.4. The fourth-order valence-corrected chi connectivity index (χ4v) is 3.73. The Balaban J connectivity index is 2.14. The number of imidazole rings is 1. The van der Waals surface area contributed by atoms with Crippen molar-refractivity contribution in [3.05, 3.63) is 54.1 Å². The predicted molar refractivity (Wildman–Crippen MR) is 138 cm³/mol. The van der Waals surface area contributed by atoms with Gasteiger partial charge in [-0.1, -0.05) is 30.3 Å². The minimum atomic E-state index is -1.47. The zero-order chi connectivity index (χ0) is 28.1. The molecule has 0 radical (unpaired) electrons. The monoisotopic (exact) mass is 531 g/mol. The van der Waals surface area contributed by atoms with Crippen LogP contribution in [0, 0.1) is 0 Å². The molecule has 0 aliphatic carbocycles. The van der Waals surface area contributed by atoms with Gasteiger partial charge in [-0.3, -0.25) is 14.4 Å². The normalized spacial score (nSPS) is 14.9. The van der Waals surface area contributed by atoms with E-state index in [2.05, 4.69) is 25.9 Å². The van der Waals surface area contributed by atoms with E-state index in [1.165, 1.54) is 19.4 Å². The zero-order valence-electron chi connectivity index (χ0n) is 21.3. The molecule has 0 spiro atoms. The zero-order valence-corrected chi connectivity index (χ0v) is 21.3. The molecular formula is C25H37N7O6. The highest BCUT2D eigenvalue weighted by molar-refractivity contribution is 5.94. The number of benzene rings is 1. The highest BCUT2D eigenvalue weighted by Gasteiger charge is 2.32. The number of H-pyrrole nitrogens is 1. The van der Waals surface area contributed by atoms with Gasteiger partial charge >= 0.3 is 5.97 Å². The number of nitrogens with zero attached hydrogens (tertiary/aromatic N) is 1. The molecule has 2 rings (SSSR count). The molecule has 1 aromatic carbocycles. The van der Waals surface area contributed by atoms with Crippen molar-refractivity contribution in [3.63, 3.8) is 0 Å². The van der Waals surface area contributed by atoms with Gasteiger partial charge in [-0.15, -0.1) is 0 Å². The summed E-state index contributed by atoms with van der Waals surface area (Å²) in [5.74, 6) is -3.45. The summed E-state index contributed by atoms with van der Waals surface area (Å²) >= 11 is 0. The Morgan fingerprint density at radius 1 is 0.974 bits per heavy atom. The molecule has 0 saturated heterocycles. The Morgan fingerprint density at radius 2 is 1.66 bits per heavy atom. The maximum absolute atomic E-state index is 13.3. The number of rotatable bonds is 16. The number of carbonyl (C=O) groups excluding carboxylic acids is 3. The van der Waals surface area contributed by atoms with Crippen LogP contribution in [0.1, 0.15) is 37.4 Å². The number of nitrogens with two attached hydrogens (primary N) is 2. The summed E-state index contributed by atoms with van der Waals surface area (Å²) in [6.07, 6.45) is 3.08. The van der Waals surface area contributed by atoms with Crippen LogP contribution in [0.15, 0.2) is 42.9 Å². The van der Waals surface area contributed by atoms with Crippen LogP contribution in [0.2, 0.25) is 0 Å². The first-order valence-corrected chi connectivity index (χ1v) is 12.4. The molecule has 208 valence electrons. The highest BCUT2D eigenvalue weighted by atomic mass is 16.4. The molecule has 3 amide bonds. The molecule has 0 fully saturated rings. The fourth-order valence-electron chi connectivity index (χ4n) is 3.73. The SMILES string of the molecule is CC(O)C(NC(=O)C(Cc1ccccc1)NC(=O)C(N)Cc1cnc[nH]1)C(=O)NC(CCCCN)C(=O)O. The molecule has 1 heterocycles. The standard InChI is InChI=1S/C25H37N7O6/c1-15(33)21(24(36)30-19(25(37)38)9-5-6-10-26)32-23(35)20(11-16-7-3-2-4-8-16)31-22(34)18(27)12-17-13-28-14-29-17/h2-4,7-8,13-15,18-21,33H,5-6,9-12,26-27H2,1H3,(H,28,29)(H,30,36)(H,31,34)(H,32,35)(H,37,38). The van der Waals surface area contributed by atoms with Gasteiger partial charge in [0.1, 0.15) is 18.1 Å². The first-order valence-electron chi connectivity index (χ1n) is 12.4. The maximum Gasteiger partial charge on any atom is 0.326 e. The quantitative estimate of drug-likeness (QED) is 0.119. The van der Waals surface area contributed by atoms with Crippen molar-refractivity contribution in [2.45, 2.75) is 69.3 Å². The van der Waals surface area contributed by atoms with Gasteiger partial charge in [-0.05, 0) is 38.3 Å². The summed E-state index contributed by atoms with van der Waals surface area (Å²) in [7, 11) is 0. The summed E-state index contributed by atoms with van der Waals surface area (Å²) in [6, 6.07) is 4.10. The van der Waals surface area contributed by atoms with Crippen molar-refractivity contribution in [2.24, 2.45) is 11.5 Å². The molecule has 38 heavy (non-hydrogen) atoms. The fraction of sp³-hybridized carbons (Fsp3) is 0.480. The second-order valence-electron chi connectivity index (χ2n) is 9.05. The van der Waals surface area contributed by atoms with Gasteiger partial charge in [0.25, 0.3) is 0 Å². The molecule has 0 saturated carbocycles. The predicted octanol–water partition coefficient (Wildman–Crippen LogP) is -1.43. The number of carbonyl (C=O) groups is 4. The summed E-state index contributed by atoms with van der Waals surface area (Å²) in [6.45, 7) is 1.67. The third-order valence-electron chi connectivity index (χ3n) is 5.87. The average molecular weight is 532 g/mol. The number of aliphatic carboxylic acids is 1. The van der Waals surface area contributed by atoms with Crippen LogP contribution in [0.4, 0.5) is 0 Å². The Labute approximate surface area is 220 Å². The number of carboxylic acids is 1. The summed E-state index contributed by atoms with van der Waals surface area (Å²) in [4.78, 5) is 57.3. The van der Waals surface area contributed by atoms with E-state index in [1.54, 1.807) is 30.3 Å². The van der Waals surface area contributed by atoms with Gasteiger partial charge in [0, 0.05) is 24.7 Å². The number of aromatic nitrogens is 2. The van der Waals surface area contributed by atoms with Gasteiger partial charge in [-0.25, -0.2) is 9.78 Å². The molecule has 5 atom stereocenters. The van der Waals surface area contributed by atoms with Crippen LogP contribution >= 0.6 is 0 Å². The summed E-state index contributed by atoms with van der Waals surface area (Å²) in [5, 5.41) is 27.1. The van der Waals surface area contributed by atoms with Crippen molar-refractivity contribution in [3.8, 4) is 0 Å². The van der Waals surface area contributed by atoms with E-state index < -0.39 is 54.0 Å². The van der Waals surface area contributed by atoms with Crippen LogP contribution < -0.4 is 27.4 Å². The van der Waals surface area contributed by atoms with Gasteiger partial charge < -0.3 is 42.6 Å². The second kappa shape index (κ2) is 15.4. The van der Waals surface area contributed by atoms with Crippen LogP contribution in [0.25, 0.3) is 0 Å². The van der Waals surface area contributed by atoms with Gasteiger partial charge in [0.05, 0.1) is 18.5 Å². The maximum atomic E-state index is 13.3. The minimum absolute atomic E-state index is 0.0835. The van der Waals surface area contributed by atoms with Crippen LogP contribution in [-0.2, 0) is 32.0 Å². The lowest BCUT2D eigenvalue weighted by atomic mass is 10.0. The van der Waals surface area contributed by atoms with Crippen molar-refractivity contribution < 1.29 is 29.4 Å². The molecule has 1 aromatic heterocycles. The van der Waals surface area contributed by atoms with Crippen LogP contribution in [0.3, 0.4) is 0 Å². The van der Waals surface area contributed by atoms with Crippen LogP contribution in [0.5, 0.6) is 0 Å². The van der Waals surface area contributed by atoms with Gasteiger partial charge in [-0.2, -0.15) is 0 Å². The molecule has 13 heteroatoms. The Hall–Kier alpha value is -3.81. The van der Waals surface area contributed by atoms with Crippen molar-refractivity contribution >= 4 is 23.7 Å². The van der Waals surface area contributed by atoms with E-state index in [0.29, 0.717) is 25.1 Å². The number of aromatic amines is 1. The van der Waals surface area contributed by atoms with Crippen molar-refractivity contribution in [1.82, 2.24) is 25.9 Å². The van der Waals surface area contributed by atoms with E-state index >= 15 is 0 Å². The highest BCUT2D eigenvalue weighted by Crippen LogP contribution is 2.07. The van der Waals surface area contributed by atoms with Crippen LogP contribution in [-0.4, -0.2) is 80.7 Å². The molecule has 5 unspecified atom stereocenters. The largest absolute Gasteiger partial charge is 0.480 e. The lowest BCUT2D eigenvalue weighted by Crippen LogP contribution is -2.60. The number of unbranched alkanes of at least 4 members (excludes halogenated alkanes) is 1. The number of carboxylic acid groups (broad SMARTS) is 1. The molecule has 10 N–H and O–H groups in total. The topological polar surface area (TPSA) is 226 Å². The van der Waals surface area contributed by atoms with Gasteiger partial charge in [0.15, 0.2) is 0 Å². The minimum Gasteiger partial charge on any atom is -0.480 e. The number of amides is 3. The van der Waals surface area contributed by atoms with E-state index in [4.69, 9.17) is 11.5 Å². The average Bonchev–Trinajstić information content (AvgIpc) is 3.39. The third-order valence-corrected chi connectivity index (χ3v) is 5.87. The Kier molecular flexibility index (Phi) is 12.4. The second-order valence-corrected chi connectivity index (χ2v) is 9.05. The number of nitrogens with one attached hydrogen (secondary N) is 4. The van der Waals surface area contributed by atoms with E-state index in [0.717, 1.165) is 5.56 Å². The van der Waals surface area contributed by atoms with Crippen molar-refractivity contribution in [2.75, 3.05) is 6.54 Å². The molecule has 2 aromatic rings. The Morgan fingerprint density at radius 3 is 2.24 bits per heavy atom. The number of aliphatic hydroxyl groups excluding tert-OH is 1. The number of aliphatic hydroxyl groups is 1. The third kappa shape index (κ3) is 9.92. The van der Waals surface area contributed by atoms with Gasteiger partial charge in [0.2, 0.25) is 17.7 Å². The molecule has 13 nitrogen and oxygen atoms in total. The Bertz CT molecular complexity index is 1030. The molecule has 0 aliphatic rings. The van der Waals surface area contributed by atoms with E-state index in [1.807, 2.05) is 0 Å². The first-order chi connectivity index (χ1) is 18.1. The molecule has 0 bridgehead atoms. The lowest BCUT2D eigenvalue weighted by Gasteiger charge is -2.26. The smallest absolute Gasteiger partial charge is 0.326 e.